The zero-order valence-corrected chi connectivity index (χ0v) is 18.0. The van der Waals surface area contributed by atoms with Gasteiger partial charge in [0.15, 0.2) is 5.65 Å². The quantitative estimate of drug-likeness (QED) is 0.653. The minimum atomic E-state index is -0.0509. The van der Waals surface area contributed by atoms with Gasteiger partial charge >= 0.3 is 0 Å². The molecule has 1 atom stereocenters. The summed E-state index contributed by atoms with van der Waals surface area (Å²) in [5.41, 5.74) is 3.66. The van der Waals surface area contributed by atoms with Gasteiger partial charge in [0.1, 0.15) is 5.52 Å². The van der Waals surface area contributed by atoms with Crippen molar-refractivity contribution in [2.45, 2.75) is 51.1 Å². The van der Waals surface area contributed by atoms with Gasteiger partial charge in [0.2, 0.25) is 0 Å². The SMILES string of the molecule is O=C(NCC1CCCN(Cc2ccccc2)C1)c1cnc2c(c1)ncn2C1CCCC1. The maximum absolute atomic E-state index is 12.8. The van der Waals surface area contributed by atoms with E-state index in [1.807, 2.05) is 12.4 Å². The van der Waals surface area contributed by atoms with E-state index in [9.17, 15) is 4.79 Å². The highest BCUT2D eigenvalue weighted by Gasteiger charge is 2.22. The van der Waals surface area contributed by atoms with Crippen LogP contribution >= 0.6 is 0 Å². The lowest BCUT2D eigenvalue weighted by Gasteiger charge is -2.32. The van der Waals surface area contributed by atoms with Crippen LogP contribution in [0.5, 0.6) is 0 Å². The monoisotopic (exact) mass is 417 g/mol. The zero-order valence-electron chi connectivity index (χ0n) is 18.0. The topological polar surface area (TPSA) is 63.1 Å². The van der Waals surface area contributed by atoms with E-state index in [0.29, 0.717) is 24.1 Å². The van der Waals surface area contributed by atoms with Crippen molar-refractivity contribution in [2.75, 3.05) is 19.6 Å². The predicted molar refractivity (Wildman–Crippen MR) is 122 cm³/mol. The summed E-state index contributed by atoms with van der Waals surface area (Å²) in [7, 11) is 0. The molecule has 1 aliphatic carbocycles. The molecule has 2 fully saturated rings. The second kappa shape index (κ2) is 9.18. The number of hydrogen-bond acceptors (Lipinski definition) is 4. The zero-order chi connectivity index (χ0) is 21.0. The fourth-order valence-electron chi connectivity index (χ4n) is 5.14. The third-order valence-electron chi connectivity index (χ3n) is 6.80. The Morgan fingerprint density at radius 3 is 2.74 bits per heavy atom. The molecule has 1 saturated heterocycles. The van der Waals surface area contributed by atoms with Crippen molar-refractivity contribution in [3.05, 3.63) is 60.0 Å². The van der Waals surface area contributed by atoms with Gasteiger partial charge in [-0.3, -0.25) is 9.69 Å². The molecule has 3 aromatic rings. The van der Waals surface area contributed by atoms with Crippen LogP contribution in [0.15, 0.2) is 48.9 Å². The fourth-order valence-corrected chi connectivity index (χ4v) is 5.14. The Balaban J connectivity index is 1.18. The number of piperidine rings is 1. The molecule has 1 aliphatic heterocycles. The Hall–Kier alpha value is -2.73. The van der Waals surface area contributed by atoms with Gasteiger partial charge < -0.3 is 9.88 Å². The average Bonchev–Trinajstić information content (AvgIpc) is 3.48. The van der Waals surface area contributed by atoms with Crippen LogP contribution in [0, 0.1) is 5.92 Å². The van der Waals surface area contributed by atoms with Gasteiger partial charge in [0.25, 0.3) is 5.91 Å². The highest BCUT2D eigenvalue weighted by molar-refractivity contribution is 5.96. The Bertz CT molecular complexity index is 1020. The number of aromatic nitrogens is 3. The van der Waals surface area contributed by atoms with E-state index < -0.39 is 0 Å². The van der Waals surface area contributed by atoms with E-state index in [-0.39, 0.29) is 5.91 Å². The molecule has 2 aliphatic rings. The fraction of sp³-hybridized carbons (Fsp3) is 0.480. The molecule has 1 aromatic carbocycles. The van der Waals surface area contributed by atoms with Crippen LogP contribution in [0.25, 0.3) is 11.2 Å². The average molecular weight is 418 g/mol. The Morgan fingerprint density at radius 1 is 1.06 bits per heavy atom. The molecule has 6 heteroatoms. The first-order valence-corrected chi connectivity index (χ1v) is 11.6. The van der Waals surface area contributed by atoms with E-state index in [2.05, 4.69) is 55.1 Å². The maximum atomic E-state index is 12.8. The molecule has 1 saturated carbocycles. The first kappa shape index (κ1) is 20.2. The van der Waals surface area contributed by atoms with Gasteiger partial charge in [0.05, 0.1) is 11.9 Å². The third kappa shape index (κ3) is 4.64. The molecule has 0 bridgehead atoms. The second-order valence-corrected chi connectivity index (χ2v) is 9.10. The van der Waals surface area contributed by atoms with Crippen molar-refractivity contribution < 1.29 is 4.79 Å². The van der Waals surface area contributed by atoms with Crippen LogP contribution in [0.1, 0.15) is 60.5 Å². The summed E-state index contributed by atoms with van der Waals surface area (Å²) in [6, 6.07) is 13.0. The minimum Gasteiger partial charge on any atom is -0.352 e. The standard InChI is InChI=1S/C25H31N5O/c31-25(21-13-23-24(26-15-21)30(18-28-23)22-10-4-5-11-22)27-14-20-9-6-12-29(17-20)16-19-7-2-1-3-8-19/h1-3,7-8,13,15,18,20,22H,4-6,9-12,14,16-17H2,(H,27,31). The van der Waals surface area contributed by atoms with Crippen LogP contribution in [0.3, 0.4) is 0 Å². The molecule has 1 amide bonds. The van der Waals surface area contributed by atoms with Crippen LogP contribution in [-0.2, 0) is 6.54 Å². The molecule has 5 rings (SSSR count). The number of pyridine rings is 1. The van der Waals surface area contributed by atoms with E-state index in [1.165, 1.54) is 37.7 Å². The molecule has 3 heterocycles. The third-order valence-corrected chi connectivity index (χ3v) is 6.80. The van der Waals surface area contributed by atoms with Gasteiger partial charge in [-0.15, -0.1) is 0 Å². The van der Waals surface area contributed by atoms with Crippen LogP contribution in [0.2, 0.25) is 0 Å². The lowest BCUT2D eigenvalue weighted by molar-refractivity contribution is 0.0930. The minimum absolute atomic E-state index is 0.0509. The molecule has 0 spiro atoms. The van der Waals surface area contributed by atoms with Crippen molar-refractivity contribution in [1.29, 1.82) is 0 Å². The highest BCUT2D eigenvalue weighted by atomic mass is 16.1. The highest BCUT2D eigenvalue weighted by Crippen LogP contribution is 2.31. The second-order valence-electron chi connectivity index (χ2n) is 9.10. The van der Waals surface area contributed by atoms with E-state index >= 15 is 0 Å². The molecule has 0 radical (unpaired) electrons. The number of likely N-dealkylation sites (tertiary alicyclic amines) is 1. The number of hydrogen-bond donors (Lipinski definition) is 1. The molecule has 6 nitrogen and oxygen atoms in total. The molecule has 2 aromatic heterocycles. The Kier molecular flexibility index (Phi) is 5.98. The summed E-state index contributed by atoms with van der Waals surface area (Å²) >= 11 is 0. The summed E-state index contributed by atoms with van der Waals surface area (Å²) in [6.45, 7) is 3.84. The number of imidazole rings is 1. The van der Waals surface area contributed by atoms with E-state index in [0.717, 1.165) is 37.2 Å². The van der Waals surface area contributed by atoms with Gasteiger partial charge in [-0.25, -0.2) is 9.97 Å². The Morgan fingerprint density at radius 2 is 1.90 bits per heavy atom. The summed E-state index contributed by atoms with van der Waals surface area (Å²) in [6.07, 6.45) is 10.9. The largest absolute Gasteiger partial charge is 0.352 e. The van der Waals surface area contributed by atoms with E-state index in [4.69, 9.17) is 0 Å². The summed E-state index contributed by atoms with van der Waals surface area (Å²) in [4.78, 5) is 24.4. The lowest BCUT2D eigenvalue weighted by Crippen LogP contribution is -2.40. The number of carbonyl (C=O) groups excluding carboxylic acids is 1. The van der Waals surface area contributed by atoms with Crippen molar-refractivity contribution in [1.82, 2.24) is 24.8 Å². The molecule has 1 N–H and O–H groups in total. The van der Waals surface area contributed by atoms with Gasteiger partial charge in [0, 0.05) is 31.9 Å². The van der Waals surface area contributed by atoms with Gasteiger partial charge in [-0.2, -0.15) is 0 Å². The van der Waals surface area contributed by atoms with Crippen LogP contribution in [0.4, 0.5) is 0 Å². The van der Waals surface area contributed by atoms with Crippen molar-refractivity contribution in [3.63, 3.8) is 0 Å². The predicted octanol–water partition coefficient (Wildman–Crippen LogP) is 4.19. The first-order chi connectivity index (χ1) is 15.3. The maximum Gasteiger partial charge on any atom is 0.252 e. The number of amides is 1. The van der Waals surface area contributed by atoms with Gasteiger partial charge in [-0.1, -0.05) is 43.2 Å². The number of nitrogens with zero attached hydrogens (tertiary/aromatic N) is 4. The Labute approximate surface area is 183 Å². The van der Waals surface area contributed by atoms with Crippen LogP contribution in [-0.4, -0.2) is 45.0 Å². The normalized spacial score (nSPS) is 20.3. The molecule has 162 valence electrons. The smallest absolute Gasteiger partial charge is 0.252 e. The van der Waals surface area contributed by atoms with E-state index in [1.54, 1.807) is 6.20 Å². The summed E-state index contributed by atoms with van der Waals surface area (Å²) < 4.78 is 2.19. The number of nitrogens with one attached hydrogen (secondary N) is 1. The number of fused-ring (bicyclic) bond motifs is 1. The molecule has 1 unspecified atom stereocenters. The van der Waals surface area contributed by atoms with Crippen molar-refractivity contribution >= 4 is 17.1 Å². The first-order valence-electron chi connectivity index (χ1n) is 11.6. The van der Waals surface area contributed by atoms with Crippen molar-refractivity contribution in [2.24, 2.45) is 5.92 Å². The summed E-state index contributed by atoms with van der Waals surface area (Å²) in [5, 5.41) is 3.14. The van der Waals surface area contributed by atoms with Gasteiger partial charge in [-0.05, 0) is 49.8 Å². The van der Waals surface area contributed by atoms with Crippen molar-refractivity contribution in [3.8, 4) is 0 Å². The lowest BCUT2D eigenvalue weighted by atomic mass is 9.97. The molecule has 31 heavy (non-hydrogen) atoms. The number of benzene rings is 1. The molecular weight excluding hydrogens is 386 g/mol. The van der Waals surface area contributed by atoms with Crippen LogP contribution < -0.4 is 5.32 Å². The number of rotatable bonds is 6. The summed E-state index contributed by atoms with van der Waals surface area (Å²) in [5.74, 6) is 0.435. The number of carbonyl (C=O) groups is 1. The molecular formula is C25H31N5O.